The maximum atomic E-state index is 12.3. The van der Waals surface area contributed by atoms with E-state index in [9.17, 15) is 4.79 Å². The Balaban J connectivity index is 1.71. The Labute approximate surface area is 140 Å². The molecule has 0 radical (unpaired) electrons. The number of hydrogen-bond donors (Lipinski definition) is 1. The number of amides is 1. The van der Waals surface area contributed by atoms with Crippen molar-refractivity contribution in [3.63, 3.8) is 0 Å². The van der Waals surface area contributed by atoms with Gasteiger partial charge in [0.1, 0.15) is 5.82 Å². The van der Waals surface area contributed by atoms with Crippen LogP contribution in [0.1, 0.15) is 24.8 Å². The van der Waals surface area contributed by atoms with Crippen molar-refractivity contribution in [2.45, 2.75) is 31.8 Å². The van der Waals surface area contributed by atoms with E-state index in [1.54, 1.807) is 0 Å². The van der Waals surface area contributed by atoms with Crippen LogP contribution >= 0.6 is 11.6 Å². The van der Waals surface area contributed by atoms with Crippen molar-refractivity contribution in [1.82, 2.24) is 9.88 Å². The fraction of sp³-hybridized carbons (Fsp3) is 0.333. The summed E-state index contributed by atoms with van der Waals surface area (Å²) in [5.74, 6) is 1.12. The Morgan fingerprint density at radius 3 is 2.87 bits per heavy atom. The molecule has 1 fully saturated rings. The monoisotopic (exact) mass is 327 g/mol. The molecule has 0 bridgehead atoms. The van der Waals surface area contributed by atoms with Gasteiger partial charge in [-0.15, -0.1) is 0 Å². The highest BCUT2D eigenvalue weighted by molar-refractivity contribution is 6.30. The largest absolute Gasteiger partial charge is 0.369 e. The lowest BCUT2D eigenvalue weighted by Gasteiger charge is -2.26. The van der Waals surface area contributed by atoms with Gasteiger partial charge in [-0.05, 0) is 36.6 Å². The highest BCUT2D eigenvalue weighted by Gasteiger charge is 2.33. The topological polar surface area (TPSA) is 45.2 Å². The minimum Gasteiger partial charge on any atom is -0.369 e. The minimum absolute atomic E-state index is 0.235. The molecule has 4 rings (SSSR count). The smallest absolute Gasteiger partial charge is 0.224 e. The second-order valence-electron chi connectivity index (χ2n) is 6.17. The molecule has 0 unspecified atom stereocenters. The van der Waals surface area contributed by atoms with E-state index in [0.717, 1.165) is 35.3 Å². The first kappa shape index (κ1) is 14.5. The fourth-order valence-corrected chi connectivity index (χ4v) is 3.23. The van der Waals surface area contributed by atoms with E-state index in [4.69, 9.17) is 11.6 Å². The Hall–Kier alpha value is -2.07. The van der Waals surface area contributed by atoms with Crippen molar-refractivity contribution >= 4 is 23.3 Å². The molecule has 1 N–H and O–H groups in total. The third kappa shape index (κ3) is 3.04. The van der Waals surface area contributed by atoms with Crippen LogP contribution < -0.4 is 5.32 Å². The van der Waals surface area contributed by atoms with Gasteiger partial charge in [0.15, 0.2) is 0 Å². The molecular weight excluding hydrogens is 310 g/mol. The van der Waals surface area contributed by atoms with E-state index in [1.165, 1.54) is 0 Å². The molecule has 2 heterocycles. The normalized spacial score (nSPS) is 18.0. The number of aromatic nitrogens is 1. The lowest BCUT2D eigenvalue weighted by molar-refractivity contribution is -0.132. The number of carbonyl (C=O) groups excluding carboxylic acids is 1. The zero-order valence-electron chi connectivity index (χ0n) is 12.8. The van der Waals surface area contributed by atoms with Crippen molar-refractivity contribution in [1.29, 1.82) is 0 Å². The molecule has 0 saturated heterocycles. The minimum atomic E-state index is 0.235. The average Bonchev–Trinajstić information content (AvgIpc) is 3.36. The molecule has 0 spiro atoms. The SMILES string of the molecule is O=C1CCNc2ncc(-c3cccc(Cl)c3)cc2CN1C1CC1. The second-order valence-corrected chi connectivity index (χ2v) is 6.61. The third-order valence-corrected chi connectivity index (χ3v) is 4.64. The van der Waals surface area contributed by atoms with Crippen LogP contribution in [0.25, 0.3) is 11.1 Å². The van der Waals surface area contributed by atoms with E-state index < -0.39 is 0 Å². The van der Waals surface area contributed by atoms with Crippen LogP contribution in [-0.2, 0) is 11.3 Å². The molecule has 1 saturated carbocycles. The molecule has 2 aromatic rings. The standard InChI is InChI=1S/C18H18ClN3O/c19-15-3-1-2-12(9-15)13-8-14-11-22(16-4-5-16)17(23)6-7-20-18(14)21-10-13/h1-3,8-10,16H,4-7,11H2,(H,20,21). The van der Waals surface area contributed by atoms with E-state index >= 15 is 0 Å². The summed E-state index contributed by atoms with van der Waals surface area (Å²) >= 11 is 6.09. The average molecular weight is 328 g/mol. The van der Waals surface area contributed by atoms with Crippen LogP contribution in [0.2, 0.25) is 5.02 Å². The van der Waals surface area contributed by atoms with Crippen molar-refractivity contribution in [2.75, 3.05) is 11.9 Å². The molecule has 4 nitrogen and oxygen atoms in total. The number of hydrogen-bond acceptors (Lipinski definition) is 3. The Bertz CT molecular complexity index is 758. The number of fused-ring (bicyclic) bond motifs is 1. The van der Waals surface area contributed by atoms with Crippen LogP contribution in [0.5, 0.6) is 0 Å². The molecule has 23 heavy (non-hydrogen) atoms. The Morgan fingerprint density at radius 1 is 1.22 bits per heavy atom. The van der Waals surface area contributed by atoms with E-state index in [-0.39, 0.29) is 5.91 Å². The molecule has 2 aliphatic rings. The summed E-state index contributed by atoms with van der Waals surface area (Å²) in [6.07, 6.45) is 4.64. The predicted molar refractivity (Wildman–Crippen MR) is 91.4 cm³/mol. The Kier molecular flexibility index (Phi) is 3.69. The maximum absolute atomic E-state index is 12.3. The van der Waals surface area contributed by atoms with Gasteiger partial charge in [-0.25, -0.2) is 4.98 Å². The number of nitrogens with one attached hydrogen (secondary N) is 1. The summed E-state index contributed by atoms with van der Waals surface area (Å²) in [6, 6.07) is 10.3. The van der Waals surface area contributed by atoms with Gasteiger partial charge >= 0.3 is 0 Å². The molecule has 0 atom stereocenters. The fourth-order valence-electron chi connectivity index (χ4n) is 3.04. The predicted octanol–water partition coefficient (Wildman–Crippen LogP) is 3.71. The summed E-state index contributed by atoms with van der Waals surface area (Å²) in [5.41, 5.74) is 3.14. The molecule has 1 amide bonds. The van der Waals surface area contributed by atoms with Crippen molar-refractivity contribution < 1.29 is 4.79 Å². The molecular formula is C18H18ClN3O. The van der Waals surface area contributed by atoms with Crippen molar-refractivity contribution in [2.24, 2.45) is 0 Å². The zero-order valence-corrected chi connectivity index (χ0v) is 13.5. The molecule has 1 aromatic heterocycles. The van der Waals surface area contributed by atoms with Crippen LogP contribution in [0.3, 0.4) is 0 Å². The Morgan fingerprint density at radius 2 is 2.09 bits per heavy atom. The summed E-state index contributed by atoms with van der Waals surface area (Å²) in [5, 5.41) is 3.99. The summed E-state index contributed by atoms with van der Waals surface area (Å²) < 4.78 is 0. The van der Waals surface area contributed by atoms with Crippen LogP contribution in [-0.4, -0.2) is 28.4 Å². The molecule has 1 aromatic carbocycles. The number of nitrogens with zero attached hydrogens (tertiary/aromatic N) is 2. The zero-order chi connectivity index (χ0) is 15.8. The van der Waals surface area contributed by atoms with E-state index in [2.05, 4.69) is 16.4 Å². The van der Waals surface area contributed by atoms with E-state index in [1.807, 2.05) is 35.4 Å². The maximum Gasteiger partial charge on any atom is 0.224 e. The molecule has 118 valence electrons. The summed E-state index contributed by atoms with van der Waals surface area (Å²) in [4.78, 5) is 18.9. The number of halogens is 1. The molecule has 1 aliphatic carbocycles. The number of benzene rings is 1. The quantitative estimate of drug-likeness (QED) is 0.914. The second kappa shape index (κ2) is 5.85. The summed E-state index contributed by atoms with van der Waals surface area (Å²) in [6.45, 7) is 1.27. The van der Waals surface area contributed by atoms with Gasteiger partial charge in [0.2, 0.25) is 5.91 Å². The van der Waals surface area contributed by atoms with Gasteiger partial charge in [0.25, 0.3) is 0 Å². The van der Waals surface area contributed by atoms with E-state index in [0.29, 0.717) is 30.6 Å². The number of anilines is 1. The van der Waals surface area contributed by atoms with Crippen molar-refractivity contribution in [3.8, 4) is 11.1 Å². The molecule has 1 aliphatic heterocycles. The van der Waals surface area contributed by atoms with Gasteiger partial charge < -0.3 is 10.2 Å². The van der Waals surface area contributed by atoms with Gasteiger partial charge in [-0.2, -0.15) is 0 Å². The first-order valence-electron chi connectivity index (χ1n) is 7.99. The first-order chi connectivity index (χ1) is 11.2. The van der Waals surface area contributed by atoms with Crippen LogP contribution in [0.4, 0.5) is 5.82 Å². The van der Waals surface area contributed by atoms with Crippen molar-refractivity contribution in [3.05, 3.63) is 47.1 Å². The van der Waals surface area contributed by atoms with Gasteiger partial charge in [-0.1, -0.05) is 23.7 Å². The number of pyridine rings is 1. The van der Waals surface area contributed by atoms with Crippen LogP contribution in [0.15, 0.2) is 36.5 Å². The highest BCUT2D eigenvalue weighted by atomic mass is 35.5. The van der Waals surface area contributed by atoms with Crippen LogP contribution in [0, 0.1) is 0 Å². The highest BCUT2D eigenvalue weighted by Crippen LogP contribution is 2.32. The number of rotatable bonds is 2. The lowest BCUT2D eigenvalue weighted by Crippen LogP contribution is -2.35. The van der Waals surface area contributed by atoms with Gasteiger partial charge in [0.05, 0.1) is 0 Å². The number of carbonyl (C=O) groups is 1. The third-order valence-electron chi connectivity index (χ3n) is 4.40. The lowest BCUT2D eigenvalue weighted by atomic mass is 10.0. The van der Waals surface area contributed by atoms with Gasteiger partial charge in [-0.3, -0.25) is 4.79 Å². The summed E-state index contributed by atoms with van der Waals surface area (Å²) in [7, 11) is 0. The van der Waals surface area contributed by atoms with Gasteiger partial charge in [0, 0.05) is 47.9 Å². The first-order valence-corrected chi connectivity index (χ1v) is 8.37. The molecule has 5 heteroatoms.